The van der Waals surface area contributed by atoms with Crippen molar-refractivity contribution in [2.24, 2.45) is 5.73 Å². The summed E-state index contributed by atoms with van der Waals surface area (Å²) in [5, 5.41) is 45.0. The molecular formula is C21H37N3O10. The summed E-state index contributed by atoms with van der Waals surface area (Å²) in [7, 11) is 0. The Labute approximate surface area is 198 Å². The lowest BCUT2D eigenvalue weighted by atomic mass is 9.88. The number of carbonyl (C=O) groups excluding carboxylic acids is 3. The number of hydrogen-bond donors (Lipinski definition) is 7. The van der Waals surface area contributed by atoms with Gasteiger partial charge in [0.25, 0.3) is 11.7 Å². The number of nitrogens with one attached hydrogen (secondary N) is 2. The van der Waals surface area contributed by atoms with Crippen molar-refractivity contribution in [3.05, 3.63) is 12.7 Å². The second-order valence-corrected chi connectivity index (χ2v) is 7.95. The number of nitrogens with two attached hydrogens (primary N) is 1. The minimum atomic E-state index is -2.11. The number of unbranched alkanes of at least 4 members (excludes halogenated alkanes) is 1. The molecule has 0 bridgehead atoms. The quantitative estimate of drug-likeness (QED) is 0.0861. The van der Waals surface area contributed by atoms with Crippen molar-refractivity contribution < 1.29 is 49.0 Å². The highest BCUT2D eigenvalue weighted by Crippen LogP contribution is 2.33. The van der Waals surface area contributed by atoms with Crippen LogP contribution in [0.1, 0.15) is 32.6 Å². The number of aliphatic hydroxyl groups is 4. The average molecular weight is 492 g/mol. The van der Waals surface area contributed by atoms with E-state index in [-0.39, 0.29) is 12.5 Å². The van der Waals surface area contributed by atoms with Crippen molar-refractivity contribution in [3.63, 3.8) is 0 Å². The lowest BCUT2D eigenvalue weighted by Gasteiger charge is -2.47. The van der Waals surface area contributed by atoms with Crippen LogP contribution in [-0.4, -0.2) is 107 Å². The van der Waals surface area contributed by atoms with Gasteiger partial charge in [-0.2, -0.15) is 0 Å². The Morgan fingerprint density at radius 2 is 1.88 bits per heavy atom. The van der Waals surface area contributed by atoms with Crippen molar-refractivity contribution in [2.45, 2.75) is 68.9 Å². The summed E-state index contributed by atoms with van der Waals surface area (Å²) in [6, 6.07) is -1.19. The zero-order chi connectivity index (χ0) is 25.7. The summed E-state index contributed by atoms with van der Waals surface area (Å²) < 4.78 is 16.7. The molecular weight excluding hydrogens is 454 g/mol. The Morgan fingerprint density at radius 1 is 1.24 bits per heavy atom. The lowest BCUT2D eigenvalue weighted by molar-refractivity contribution is -0.302. The molecule has 1 rings (SSSR count). The van der Waals surface area contributed by atoms with Crippen LogP contribution >= 0.6 is 0 Å². The molecule has 196 valence electrons. The third-order valence-electron chi connectivity index (χ3n) is 5.20. The van der Waals surface area contributed by atoms with E-state index < -0.39 is 61.1 Å². The summed E-state index contributed by atoms with van der Waals surface area (Å²) in [6.45, 7) is 5.03. The molecule has 1 fully saturated rings. The SMILES string of the molecule is C=CC(=O)NCCCOCCCCO[C@]1(C(N)=O)C[C@H](O)[C@@H](NC(C)=O)[C@H]([C@H](O)[C@H](O)CO)O1. The second kappa shape index (κ2) is 15.0. The van der Waals surface area contributed by atoms with Gasteiger partial charge in [-0.1, -0.05) is 6.58 Å². The van der Waals surface area contributed by atoms with E-state index in [4.69, 9.17) is 25.1 Å². The van der Waals surface area contributed by atoms with Crippen LogP contribution in [0, 0.1) is 0 Å². The number of carbonyl (C=O) groups is 3. The molecule has 1 aliphatic rings. The molecule has 13 nitrogen and oxygen atoms in total. The van der Waals surface area contributed by atoms with Crippen molar-refractivity contribution in [2.75, 3.05) is 33.0 Å². The van der Waals surface area contributed by atoms with Crippen LogP contribution in [0.25, 0.3) is 0 Å². The maximum absolute atomic E-state index is 12.2. The first kappa shape index (κ1) is 29.9. The Hall–Kier alpha value is -2.13. The Morgan fingerprint density at radius 3 is 2.47 bits per heavy atom. The van der Waals surface area contributed by atoms with E-state index >= 15 is 0 Å². The van der Waals surface area contributed by atoms with Crippen molar-refractivity contribution >= 4 is 17.7 Å². The number of ether oxygens (including phenoxy) is 3. The number of rotatable bonds is 16. The van der Waals surface area contributed by atoms with Gasteiger partial charge in [-0.15, -0.1) is 0 Å². The number of hydrogen-bond acceptors (Lipinski definition) is 10. The fourth-order valence-corrected chi connectivity index (χ4v) is 3.41. The maximum Gasteiger partial charge on any atom is 0.277 e. The molecule has 1 heterocycles. The molecule has 13 heteroatoms. The van der Waals surface area contributed by atoms with Crippen molar-refractivity contribution in [1.29, 1.82) is 0 Å². The predicted molar refractivity (Wildman–Crippen MR) is 118 cm³/mol. The lowest BCUT2D eigenvalue weighted by Crippen LogP contribution is -2.68. The van der Waals surface area contributed by atoms with E-state index in [1.807, 2.05) is 0 Å². The molecule has 1 saturated heterocycles. The number of primary amides is 1. The van der Waals surface area contributed by atoms with Gasteiger partial charge in [0.2, 0.25) is 11.8 Å². The van der Waals surface area contributed by atoms with E-state index in [2.05, 4.69) is 17.2 Å². The first-order valence-corrected chi connectivity index (χ1v) is 11.1. The van der Waals surface area contributed by atoms with Gasteiger partial charge < -0.3 is 51.0 Å². The van der Waals surface area contributed by atoms with Gasteiger partial charge in [-0.05, 0) is 25.3 Å². The van der Waals surface area contributed by atoms with Gasteiger partial charge in [-0.3, -0.25) is 14.4 Å². The molecule has 3 amide bonds. The topological polar surface area (TPSA) is 210 Å². The third kappa shape index (κ3) is 9.25. The van der Waals surface area contributed by atoms with Gasteiger partial charge in [0, 0.05) is 33.1 Å². The van der Waals surface area contributed by atoms with Crippen LogP contribution < -0.4 is 16.4 Å². The molecule has 0 spiro atoms. The normalized spacial score (nSPS) is 26.3. The van der Waals surface area contributed by atoms with Crippen LogP contribution in [0.2, 0.25) is 0 Å². The molecule has 34 heavy (non-hydrogen) atoms. The number of aliphatic hydroxyl groups excluding tert-OH is 4. The molecule has 0 saturated carbocycles. The Bertz CT molecular complexity index is 679. The molecule has 8 N–H and O–H groups in total. The van der Waals surface area contributed by atoms with Crippen LogP contribution in [-0.2, 0) is 28.6 Å². The Kier molecular flexibility index (Phi) is 13.2. The predicted octanol–water partition coefficient (Wildman–Crippen LogP) is -2.96. The first-order valence-electron chi connectivity index (χ1n) is 11.1. The molecule has 6 atom stereocenters. The standard InChI is InChI=1S/C21H37N3O10/c1-3-16(29)23-7-6-9-32-8-4-5-10-33-21(20(22)31)11-14(27)17(24-13(2)26)19(34-21)18(30)15(28)12-25/h3,14-15,17-19,25,27-28,30H,1,4-12H2,2H3,(H2,22,31)(H,23,29)(H,24,26)/t14-,15+,17+,18+,19+,21+/m0/s1. The summed E-state index contributed by atoms with van der Waals surface area (Å²) in [4.78, 5) is 34.8. The van der Waals surface area contributed by atoms with Crippen molar-refractivity contribution in [1.82, 2.24) is 10.6 Å². The highest BCUT2D eigenvalue weighted by molar-refractivity contribution is 5.86. The first-order chi connectivity index (χ1) is 16.1. The molecule has 0 radical (unpaired) electrons. The van der Waals surface area contributed by atoms with Gasteiger partial charge >= 0.3 is 0 Å². The highest BCUT2D eigenvalue weighted by atomic mass is 16.7. The maximum atomic E-state index is 12.2. The smallest absolute Gasteiger partial charge is 0.277 e. The van der Waals surface area contributed by atoms with E-state index in [9.17, 15) is 29.7 Å². The average Bonchev–Trinajstić information content (AvgIpc) is 2.80. The van der Waals surface area contributed by atoms with Crippen molar-refractivity contribution in [3.8, 4) is 0 Å². The second-order valence-electron chi connectivity index (χ2n) is 7.95. The van der Waals surface area contributed by atoms with Gasteiger partial charge in [0.15, 0.2) is 0 Å². The Balaban J connectivity index is 2.61. The molecule has 1 aliphatic heterocycles. The van der Waals surface area contributed by atoms with E-state index in [1.54, 1.807) is 0 Å². The van der Waals surface area contributed by atoms with E-state index in [1.165, 1.54) is 13.0 Å². The largest absolute Gasteiger partial charge is 0.394 e. The van der Waals surface area contributed by atoms with Crippen LogP contribution in [0.5, 0.6) is 0 Å². The number of amides is 3. The highest BCUT2D eigenvalue weighted by Gasteiger charge is 2.54. The molecule has 0 unspecified atom stereocenters. The minimum Gasteiger partial charge on any atom is -0.394 e. The summed E-state index contributed by atoms with van der Waals surface area (Å²) >= 11 is 0. The monoisotopic (exact) mass is 491 g/mol. The summed E-state index contributed by atoms with van der Waals surface area (Å²) in [5.74, 6) is -3.96. The van der Waals surface area contributed by atoms with E-state index in [0.29, 0.717) is 39.0 Å². The fourth-order valence-electron chi connectivity index (χ4n) is 3.41. The fraction of sp³-hybridized carbons (Fsp3) is 0.762. The molecule has 0 aromatic rings. The molecule has 0 aliphatic carbocycles. The van der Waals surface area contributed by atoms with Crippen LogP contribution in [0.15, 0.2) is 12.7 Å². The zero-order valence-electron chi connectivity index (χ0n) is 19.4. The van der Waals surface area contributed by atoms with E-state index in [0.717, 1.165) is 0 Å². The molecule has 0 aromatic carbocycles. The molecule has 0 aromatic heterocycles. The van der Waals surface area contributed by atoms with Crippen LogP contribution in [0.3, 0.4) is 0 Å². The minimum absolute atomic E-state index is 0.00455. The van der Waals surface area contributed by atoms with Gasteiger partial charge in [0.1, 0.15) is 18.3 Å². The third-order valence-corrected chi connectivity index (χ3v) is 5.20. The van der Waals surface area contributed by atoms with Gasteiger partial charge in [0.05, 0.1) is 25.4 Å². The zero-order valence-corrected chi connectivity index (χ0v) is 19.4. The van der Waals surface area contributed by atoms with Gasteiger partial charge in [-0.25, -0.2) is 0 Å². The summed E-state index contributed by atoms with van der Waals surface area (Å²) in [6.07, 6.45) is -3.91. The summed E-state index contributed by atoms with van der Waals surface area (Å²) in [5.41, 5.74) is 5.48. The van der Waals surface area contributed by atoms with Crippen LogP contribution in [0.4, 0.5) is 0 Å².